The van der Waals surface area contributed by atoms with Crippen LogP contribution in [0.5, 0.6) is 0 Å². The minimum absolute atomic E-state index is 0.0577. The summed E-state index contributed by atoms with van der Waals surface area (Å²) in [6.45, 7) is 5.82. The molecule has 0 aliphatic rings. The number of hydrogen-bond donors (Lipinski definition) is 0. The maximum Gasteiger partial charge on any atom is 0.342 e. The quantitative estimate of drug-likeness (QED) is 0.174. The second-order valence-corrected chi connectivity index (χ2v) is 3.83. The summed E-state index contributed by atoms with van der Waals surface area (Å²) in [4.78, 5) is 23.1. The highest BCUT2D eigenvalue weighted by Gasteiger charge is 2.16. The van der Waals surface area contributed by atoms with Crippen molar-refractivity contribution in [3.8, 4) is 11.8 Å². The summed E-state index contributed by atoms with van der Waals surface area (Å²) in [6.07, 6.45) is 5.81. The molecule has 3 nitrogen and oxygen atoms in total. The van der Waals surface area contributed by atoms with Crippen molar-refractivity contribution in [1.29, 1.82) is 0 Å². The van der Waals surface area contributed by atoms with Gasteiger partial charge in [0.2, 0.25) is 0 Å². The van der Waals surface area contributed by atoms with E-state index >= 15 is 0 Å². The Bertz CT molecular complexity index is 356. The van der Waals surface area contributed by atoms with Crippen molar-refractivity contribution in [2.24, 2.45) is 0 Å². The molecule has 0 aromatic heterocycles. The maximum absolute atomic E-state index is 11.6. The molecule has 0 aliphatic heterocycles. The van der Waals surface area contributed by atoms with Crippen LogP contribution in [0.1, 0.15) is 52.9 Å². The molecule has 0 saturated carbocycles. The van der Waals surface area contributed by atoms with Gasteiger partial charge in [-0.15, -0.1) is 0 Å². The predicted octanol–water partition coefficient (Wildman–Crippen LogP) is 3.04. The number of allylic oxidation sites excluding steroid dienone is 1. The van der Waals surface area contributed by atoms with E-state index in [0.29, 0.717) is 0 Å². The van der Waals surface area contributed by atoms with E-state index in [9.17, 15) is 9.59 Å². The van der Waals surface area contributed by atoms with Crippen LogP contribution >= 0.6 is 0 Å². The number of ketones is 1. The average molecular weight is 250 g/mol. The summed E-state index contributed by atoms with van der Waals surface area (Å²) in [6, 6.07) is 0. The Morgan fingerprint density at radius 3 is 2.44 bits per heavy atom. The molecule has 0 bridgehead atoms. The van der Waals surface area contributed by atoms with Crippen LogP contribution in [0.15, 0.2) is 11.6 Å². The van der Waals surface area contributed by atoms with Gasteiger partial charge in [-0.1, -0.05) is 38.5 Å². The van der Waals surface area contributed by atoms with E-state index in [2.05, 4.69) is 18.8 Å². The van der Waals surface area contributed by atoms with Gasteiger partial charge in [-0.2, -0.15) is 0 Å². The van der Waals surface area contributed by atoms with Gasteiger partial charge in [0.25, 0.3) is 0 Å². The van der Waals surface area contributed by atoms with E-state index in [-0.39, 0.29) is 24.4 Å². The predicted molar refractivity (Wildman–Crippen MR) is 71.9 cm³/mol. The molecule has 0 aromatic carbocycles. The lowest BCUT2D eigenvalue weighted by atomic mass is 10.1. The minimum Gasteiger partial charge on any atom is -0.462 e. The molecule has 0 spiro atoms. The lowest BCUT2D eigenvalue weighted by molar-refractivity contribution is -0.140. The fourth-order valence-corrected chi connectivity index (χ4v) is 1.31. The zero-order valence-corrected chi connectivity index (χ0v) is 11.5. The van der Waals surface area contributed by atoms with E-state index in [0.717, 1.165) is 25.7 Å². The van der Waals surface area contributed by atoms with Crippen LogP contribution in [0.25, 0.3) is 0 Å². The van der Waals surface area contributed by atoms with Crippen LogP contribution in [0.3, 0.4) is 0 Å². The number of rotatable bonds is 7. The topological polar surface area (TPSA) is 43.4 Å². The first-order chi connectivity index (χ1) is 8.67. The third-order valence-electron chi connectivity index (χ3n) is 2.34. The summed E-state index contributed by atoms with van der Waals surface area (Å²) < 4.78 is 4.83. The Kier molecular flexibility index (Phi) is 9.67. The first kappa shape index (κ1) is 16.4. The Morgan fingerprint density at radius 1 is 1.17 bits per heavy atom. The number of ether oxygens (including phenoxy) is 1. The fraction of sp³-hybridized carbons (Fsp3) is 0.600. The number of hydrogen-bond acceptors (Lipinski definition) is 3. The molecule has 0 saturated heterocycles. The van der Waals surface area contributed by atoms with E-state index < -0.39 is 5.97 Å². The maximum atomic E-state index is 11.6. The molecule has 0 rings (SSSR count). The Labute approximate surface area is 110 Å². The van der Waals surface area contributed by atoms with Gasteiger partial charge < -0.3 is 4.74 Å². The Hall–Kier alpha value is -1.56. The molecule has 0 aromatic rings. The summed E-state index contributed by atoms with van der Waals surface area (Å²) >= 11 is 0. The molecule has 0 amide bonds. The SMILES string of the molecule is CCCCCC#C/C=C(\C(=O)CC)C(=O)OCC. The van der Waals surface area contributed by atoms with Gasteiger partial charge >= 0.3 is 5.97 Å². The highest BCUT2D eigenvalue weighted by molar-refractivity contribution is 6.17. The molecule has 0 N–H and O–H groups in total. The number of Topliss-reactive ketones (excluding diaryl/α,β-unsaturated/α-hetero) is 1. The zero-order valence-electron chi connectivity index (χ0n) is 11.5. The first-order valence-electron chi connectivity index (χ1n) is 6.56. The Balaban J connectivity index is 4.55. The molecule has 18 heavy (non-hydrogen) atoms. The normalized spacial score (nSPS) is 10.5. The van der Waals surface area contributed by atoms with Crippen LogP contribution in [0, 0.1) is 11.8 Å². The minimum atomic E-state index is -0.577. The molecule has 0 atom stereocenters. The van der Waals surface area contributed by atoms with E-state index in [1.165, 1.54) is 6.08 Å². The third kappa shape index (κ3) is 6.90. The Morgan fingerprint density at radius 2 is 1.89 bits per heavy atom. The first-order valence-corrected chi connectivity index (χ1v) is 6.56. The van der Waals surface area contributed by atoms with Crippen molar-refractivity contribution >= 4 is 11.8 Å². The second-order valence-electron chi connectivity index (χ2n) is 3.83. The highest BCUT2D eigenvalue weighted by Crippen LogP contribution is 2.03. The average Bonchev–Trinajstić information content (AvgIpc) is 2.37. The molecule has 100 valence electrons. The van der Waals surface area contributed by atoms with Crippen LogP contribution in [0.2, 0.25) is 0 Å². The van der Waals surface area contributed by atoms with Crippen LogP contribution in [0.4, 0.5) is 0 Å². The van der Waals surface area contributed by atoms with Crippen molar-refractivity contribution in [2.75, 3.05) is 6.61 Å². The number of esters is 1. The van der Waals surface area contributed by atoms with Crippen molar-refractivity contribution < 1.29 is 14.3 Å². The van der Waals surface area contributed by atoms with Gasteiger partial charge in [0.1, 0.15) is 5.57 Å². The van der Waals surface area contributed by atoms with Gasteiger partial charge in [-0.3, -0.25) is 4.79 Å². The van der Waals surface area contributed by atoms with Gasteiger partial charge in [-0.25, -0.2) is 4.79 Å². The number of carbonyl (C=O) groups is 2. The number of carbonyl (C=O) groups excluding carboxylic acids is 2. The van der Waals surface area contributed by atoms with Gasteiger partial charge in [0, 0.05) is 18.9 Å². The van der Waals surface area contributed by atoms with Crippen LogP contribution in [-0.4, -0.2) is 18.4 Å². The molecule has 0 fully saturated rings. The van der Waals surface area contributed by atoms with Crippen LogP contribution in [-0.2, 0) is 14.3 Å². The molecule has 0 unspecified atom stereocenters. The molecule has 3 heteroatoms. The summed E-state index contributed by atoms with van der Waals surface area (Å²) in [5.74, 6) is 4.90. The van der Waals surface area contributed by atoms with E-state index in [1.807, 2.05) is 0 Å². The van der Waals surface area contributed by atoms with Crippen LogP contribution < -0.4 is 0 Å². The molecule has 0 heterocycles. The van der Waals surface area contributed by atoms with Gasteiger partial charge in [0.05, 0.1) is 6.61 Å². The van der Waals surface area contributed by atoms with E-state index in [4.69, 9.17) is 4.74 Å². The lowest BCUT2D eigenvalue weighted by Crippen LogP contribution is -2.15. The van der Waals surface area contributed by atoms with Crippen molar-refractivity contribution in [1.82, 2.24) is 0 Å². The lowest BCUT2D eigenvalue weighted by Gasteiger charge is -2.02. The molecule has 0 aliphatic carbocycles. The van der Waals surface area contributed by atoms with Gasteiger partial charge in [-0.05, 0) is 13.3 Å². The molecular formula is C15H22O3. The van der Waals surface area contributed by atoms with Gasteiger partial charge in [0.15, 0.2) is 5.78 Å². The number of unbranched alkanes of at least 4 members (excludes halogenated alkanes) is 3. The standard InChI is InChI=1S/C15H22O3/c1-4-7-8-9-10-11-12-13(14(16)5-2)15(17)18-6-3/h12H,4-9H2,1-3H3/b13-12+. The highest BCUT2D eigenvalue weighted by atomic mass is 16.5. The second kappa shape index (κ2) is 10.6. The third-order valence-corrected chi connectivity index (χ3v) is 2.34. The fourth-order valence-electron chi connectivity index (χ4n) is 1.31. The molecule has 0 radical (unpaired) electrons. The summed E-state index contributed by atoms with van der Waals surface area (Å²) in [7, 11) is 0. The largest absolute Gasteiger partial charge is 0.462 e. The summed E-state index contributed by atoms with van der Waals surface area (Å²) in [5, 5.41) is 0. The van der Waals surface area contributed by atoms with Crippen molar-refractivity contribution in [3.05, 3.63) is 11.6 Å². The van der Waals surface area contributed by atoms with Crippen molar-refractivity contribution in [3.63, 3.8) is 0 Å². The van der Waals surface area contributed by atoms with E-state index in [1.54, 1.807) is 13.8 Å². The summed E-state index contributed by atoms with van der Waals surface area (Å²) in [5.41, 5.74) is 0.0577. The zero-order chi connectivity index (χ0) is 13.8. The van der Waals surface area contributed by atoms with Crippen molar-refractivity contribution in [2.45, 2.75) is 52.9 Å². The smallest absolute Gasteiger partial charge is 0.342 e. The molecular weight excluding hydrogens is 228 g/mol. The monoisotopic (exact) mass is 250 g/mol.